The number of fused-ring (bicyclic) bond motifs is 2. The minimum absolute atomic E-state index is 0. The third-order valence-electron chi connectivity index (χ3n) is 4.58. The van der Waals surface area contributed by atoms with Crippen molar-refractivity contribution in [2.75, 3.05) is 0 Å². The van der Waals surface area contributed by atoms with E-state index in [1.165, 1.54) is 0 Å². The molecule has 2 aliphatic heterocycles. The van der Waals surface area contributed by atoms with Crippen LogP contribution in [-0.4, -0.2) is 45.6 Å². The van der Waals surface area contributed by atoms with E-state index in [0.29, 0.717) is 6.42 Å². The maximum absolute atomic E-state index is 11.0. The van der Waals surface area contributed by atoms with Gasteiger partial charge in [0, 0.05) is 59.7 Å². The van der Waals surface area contributed by atoms with Gasteiger partial charge < -0.3 is 25.1 Å². The molecule has 3 aliphatic rings. The third kappa shape index (κ3) is 1.93. The minimum Gasteiger partial charge on any atom is -0.644 e. The molecule has 6 unspecified atom stereocenters. The van der Waals surface area contributed by atoms with Gasteiger partial charge in [0.15, 0.2) is 0 Å². The average Bonchev–Trinajstić information content (AvgIpc) is 3.00. The molecule has 1 amide bonds. The second-order valence-corrected chi connectivity index (χ2v) is 5.23. The van der Waals surface area contributed by atoms with Crippen LogP contribution in [0.25, 0.3) is 5.32 Å². The van der Waals surface area contributed by atoms with Crippen LogP contribution < -0.4 is 0 Å². The van der Waals surface area contributed by atoms with Gasteiger partial charge in [-0.05, 0) is 18.4 Å². The summed E-state index contributed by atoms with van der Waals surface area (Å²) in [5.41, 5.74) is -1.74. The predicted molar refractivity (Wildman–Crippen MR) is 54.8 cm³/mol. The molecule has 0 aromatic rings. The molecule has 3 rings (SSSR count). The van der Waals surface area contributed by atoms with Gasteiger partial charge in [0.2, 0.25) is 0 Å². The van der Waals surface area contributed by atoms with Crippen LogP contribution in [0, 0.1) is 5.92 Å². The molecule has 0 aromatic heterocycles. The van der Waals surface area contributed by atoms with Gasteiger partial charge in [0.25, 0.3) is 0 Å². The molecule has 18 heavy (non-hydrogen) atoms. The Balaban J connectivity index is 0.000000810. The molecule has 2 heterocycles. The number of rotatable bonds is 1. The van der Waals surface area contributed by atoms with Gasteiger partial charge in [0.05, 0.1) is 23.7 Å². The van der Waals surface area contributed by atoms with Crippen LogP contribution in [0.3, 0.4) is 0 Å². The molecule has 1 spiro atoms. The Morgan fingerprint density at radius 3 is 2.50 bits per heavy atom. The van der Waals surface area contributed by atoms with Crippen molar-refractivity contribution in [2.45, 2.75) is 56.1 Å². The van der Waals surface area contributed by atoms with Crippen LogP contribution >= 0.6 is 0 Å². The summed E-state index contributed by atoms with van der Waals surface area (Å²) in [6.45, 7) is 3.68. The van der Waals surface area contributed by atoms with Crippen LogP contribution in [0.2, 0.25) is 0 Å². The summed E-state index contributed by atoms with van der Waals surface area (Å²) in [7, 11) is 0. The van der Waals surface area contributed by atoms with Crippen LogP contribution in [0.4, 0.5) is 0 Å². The number of carbonyl (C=O) groups is 1. The third-order valence-corrected chi connectivity index (χ3v) is 4.58. The number of β-lactam (4-membered cyclic amide) rings is 1. The molecule has 3 fully saturated rings. The first-order chi connectivity index (χ1) is 7.45. The SMILES string of the molecule is CCC1(O)C(C)C(O)C2(CC(=O)[N-]2)C2OC21.[W].[Y]. The fourth-order valence-electron chi connectivity index (χ4n) is 3.33. The van der Waals surface area contributed by atoms with Crippen molar-refractivity contribution in [3.05, 3.63) is 5.32 Å². The van der Waals surface area contributed by atoms with Crippen LogP contribution in [0.15, 0.2) is 0 Å². The molecule has 1 saturated carbocycles. The van der Waals surface area contributed by atoms with Crippen molar-refractivity contribution in [3.63, 3.8) is 0 Å². The van der Waals surface area contributed by atoms with E-state index in [9.17, 15) is 15.0 Å². The maximum Gasteiger partial charge on any atom is 0.112 e. The number of epoxide rings is 1. The summed E-state index contributed by atoms with van der Waals surface area (Å²) in [5, 5.41) is 24.6. The van der Waals surface area contributed by atoms with Crippen LogP contribution in [-0.2, 0) is 63.3 Å². The zero-order valence-corrected chi connectivity index (χ0v) is 16.1. The Labute approximate surface area is 146 Å². The fourth-order valence-corrected chi connectivity index (χ4v) is 3.33. The summed E-state index contributed by atoms with van der Waals surface area (Å²) in [4.78, 5) is 11.0. The number of carbonyl (C=O) groups excluding carboxylic acids is 1. The van der Waals surface area contributed by atoms with Crippen molar-refractivity contribution < 1.29 is 73.5 Å². The first kappa shape index (κ1) is 17.2. The number of aliphatic hydroxyl groups excluding tert-OH is 1. The largest absolute Gasteiger partial charge is 0.644 e. The summed E-state index contributed by atoms with van der Waals surface area (Å²) in [6, 6.07) is 0. The Hall–Kier alpha value is 1.14. The smallest absolute Gasteiger partial charge is 0.112 e. The molecule has 1 aliphatic carbocycles. The topological polar surface area (TPSA) is 84.2 Å². The Bertz CT molecular complexity index is 361. The van der Waals surface area contributed by atoms with Crippen LogP contribution in [0.5, 0.6) is 0 Å². The minimum atomic E-state index is -0.983. The number of hydrogen-bond donors (Lipinski definition) is 2. The summed E-state index contributed by atoms with van der Waals surface area (Å²) in [5.74, 6) is -0.500. The quantitative estimate of drug-likeness (QED) is 0.392. The van der Waals surface area contributed by atoms with Gasteiger partial charge in [-0.1, -0.05) is 13.8 Å². The Morgan fingerprint density at radius 2 is 2.06 bits per heavy atom. The van der Waals surface area contributed by atoms with E-state index in [1.807, 2.05) is 6.92 Å². The van der Waals surface area contributed by atoms with E-state index in [2.05, 4.69) is 5.32 Å². The van der Waals surface area contributed by atoms with Crippen LogP contribution in [0.1, 0.15) is 26.7 Å². The van der Waals surface area contributed by atoms with Gasteiger partial charge in [-0.3, -0.25) is 0 Å². The van der Waals surface area contributed by atoms with Crippen molar-refractivity contribution in [1.82, 2.24) is 0 Å². The van der Waals surface area contributed by atoms with E-state index in [0.717, 1.165) is 0 Å². The molecule has 7 heteroatoms. The number of aliphatic hydroxyl groups is 2. The number of ether oxygens (including phenoxy) is 1. The fraction of sp³-hybridized carbons (Fsp3) is 0.909. The molecule has 2 N–H and O–H groups in total. The number of hydrogen-bond acceptors (Lipinski definition) is 4. The molecule has 2 saturated heterocycles. The second kappa shape index (κ2) is 5.16. The molecule has 6 atom stereocenters. The molecular weight excluding hydrogens is 483 g/mol. The number of nitrogens with zero attached hydrogens (tertiary/aromatic N) is 1. The van der Waals surface area contributed by atoms with Gasteiger partial charge >= 0.3 is 0 Å². The Morgan fingerprint density at radius 1 is 1.50 bits per heavy atom. The molecule has 0 aromatic carbocycles. The van der Waals surface area contributed by atoms with Gasteiger partial charge in [-0.25, -0.2) is 0 Å². The first-order valence-electron chi connectivity index (χ1n) is 5.77. The van der Waals surface area contributed by atoms with Gasteiger partial charge in [0.1, 0.15) is 6.10 Å². The van der Waals surface area contributed by atoms with Crippen molar-refractivity contribution in [3.8, 4) is 0 Å². The summed E-state index contributed by atoms with van der Waals surface area (Å²) in [6.07, 6.45) is -0.552. The van der Waals surface area contributed by atoms with E-state index in [-0.39, 0.29) is 84.2 Å². The molecule has 0 bridgehead atoms. The Kier molecular flexibility index (Phi) is 4.93. The van der Waals surface area contributed by atoms with E-state index < -0.39 is 17.2 Å². The van der Waals surface area contributed by atoms with Crippen molar-refractivity contribution in [1.29, 1.82) is 0 Å². The second-order valence-electron chi connectivity index (χ2n) is 5.23. The monoisotopic (exact) mass is 499 g/mol. The summed E-state index contributed by atoms with van der Waals surface area (Å²) >= 11 is 0. The normalized spacial score (nSPS) is 52.3. The maximum atomic E-state index is 11.0. The zero-order chi connectivity index (χ0) is 11.7. The predicted octanol–water partition coefficient (Wildman–Crippen LogP) is -0.0567. The first-order valence-corrected chi connectivity index (χ1v) is 5.77. The van der Waals surface area contributed by atoms with E-state index >= 15 is 0 Å². The average molecular weight is 499 g/mol. The number of amides is 1. The summed E-state index contributed by atoms with van der Waals surface area (Å²) < 4.78 is 5.48. The van der Waals surface area contributed by atoms with Crippen molar-refractivity contribution >= 4 is 5.91 Å². The van der Waals surface area contributed by atoms with Gasteiger partial charge in [-0.15, -0.1) is 0 Å². The zero-order valence-electron chi connectivity index (χ0n) is 10.4. The van der Waals surface area contributed by atoms with Crippen molar-refractivity contribution in [2.24, 2.45) is 5.92 Å². The van der Waals surface area contributed by atoms with Gasteiger partial charge in [-0.2, -0.15) is 0 Å². The molecule has 1 radical (unpaired) electrons. The molecular formula is C11H16NO4WY-. The molecule has 99 valence electrons. The van der Waals surface area contributed by atoms with E-state index in [1.54, 1.807) is 6.92 Å². The standard InChI is InChI=1S/C11H17NO4.W.Y/c1-3-11(15)5(2)7(14)10(4-6(13)12-10)8-9(11)16-8;;/h5,7-9,14-15H,3-4H2,1-2H3,(H,12,13);;/p-1. The van der Waals surface area contributed by atoms with E-state index in [4.69, 9.17) is 4.74 Å². The molecule has 5 nitrogen and oxygen atoms in total.